The first-order chi connectivity index (χ1) is 8.33. The predicted molar refractivity (Wildman–Crippen MR) is 67.1 cm³/mol. The van der Waals surface area contributed by atoms with Crippen molar-refractivity contribution in [1.82, 2.24) is 4.90 Å². The van der Waals surface area contributed by atoms with E-state index in [1.807, 2.05) is 0 Å². The quantitative estimate of drug-likeness (QED) is 0.683. The lowest BCUT2D eigenvalue weighted by atomic mass is 10.1. The molecule has 1 fully saturated rings. The summed E-state index contributed by atoms with van der Waals surface area (Å²) in [6.45, 7) is 5.74. The average molecular weight is 316 g/mol. The molecule has 2 rings (SSSR count). The number of hydrogen-bond acceptors (Lipinski definition) is 5. The van der Waals surface area contributed by atoms with E-state index >= 15 is 0 Å². The number of hydrogen-bond donors (Lipinski definition) is 0. The Morgan fingerprint density at radius 2 is 2.33 bits per heavy atom. The molecule has 0 aromatic rings. The Labute approximate surface area is 114 Å². The number of fused-ring (bicyclic) bond motifs is 1. The Hall–Kier alpha value is -1.29. The van der Waals surface area contributed by atoms with Crippen LogP contribution >= 0.6 is 15.9 Å². The monoisotopic (exact) mass is 315 g/mol. The van der Waals surface area contributed by atoms with Crippen molar-refractivity contribution in [3.63, 3.8) is 0 Å². The van der Waals surface area contributed by atoms with Gasteiger partial charge in [0.2, 0.25) is 0 Å². The molecule has 3 unspecified atom stereocenters. The number of halogens is 1. The maximum atomic E-state index is 12.0. The van der Waals surface area contributed by atoms with Gasteiger partial charge in [-0.1, -0.05) is 5.16 Å². The minimum atomic E-state index is -0.663. The van der Waals surface area contributed by atoms with Gasteiger partial charge in [-0.2, -0.15) is 5.26 Å². The fourth-order valence-corrected chi connectivity index (χ4v) is 2.49. The van der Waals surface area contributed by atoms with Crippen molar-refractivity contribution < 1.29 is 14.4 Å². The zero-order valence-electron chi connectivity index (χ0n) is 10.4. The standard InChI is InChI=1S/C11H14BrN3O3/c1-11(2,3)17-10(16)15-5-6-8(7(15)4-13)18-14-9(6)12/h6-8H,5H2,1-3H3. The normalized spacial score (nSPS) is 30.3. The van der Waals surface area contributed by atoms with Gasteiger partial charge in [0.15, 0.2) is 12.1 Å². The number of nitrogens with zero attached hydrogens (tertiary/aromatic N) is 3. The number of likely N-dealkylation sites (tertiary alicyclic amines) is 1. The van der Waals surface area contributed by atoms with E-state index in [2.05, 4.69) is 27.2 Å². The van der Waals surface area contributed by atoms with Crippen LogP contribution < -0.4 is 0 Å². The fraction of sp³-hybridized carbons (Fsp3) is 0.727. The van der Waals surface area contributed by atoms with Gasteiger partial charge in [-0.15, -0.1) is 0 Å². The smallest absolute Gasteiger partial charge is 0.411 e. The number of rotatable bonds is 0. The molecule has 2 heterocycles. The van der Waals surface area contributed by atoms with Crippen molar-refractivity contribution in [3.8, 4) is 6.07 Å². The molecule has 0 aromatic carbocycles. The van der Waals surface area contributed by atoms with E-state index in [9.17, 15) is 10.1 Å². The maximum Gasteiger partial charge on any atom is 0.411 e. The Morgan fingerprint density at radius 3 is 2.89 bits per heavy atom. The van der Waals surface area contributed by atoms with Gasteiger partial charge in [0.25, 0.3) is 0 Å². The Bertz CT molecular complexity index is 438. The third-order valence-electron chi connectivity index (χ3n) is 2.76. The Morgan fingerprint density at radius 1 is 1.67 bits per heavy atom. The lowest BCUT2D eigenvalue weighted by molar-refractivity contribution is 0.0139. The summed E-state index contributed by atoms with van der Waals surface area (Å²) in [5.74, 6) is -0.0813. The predicted octanol–water partition coefficient (Wildman–Crippen LogP) is 1.85. The molecular formula is C11H14BrN3O3. The van der Waals surface area contributed by atoms with Crippen LogP contribution in [0.5, 0.6) is 0 Å². The minimum absolute atomic E-state index is 0.0813. The highest BCUT2D eigenvalue weighted by atomic mass is 79.9. The molecule has 0 bridgehead atoms. The van der Waals surface area contributed by atoms with Gasteiger partial charge in [0.05, 0.1) is 12.0 Å². The fourth-order valence-electron chi connectivity index (χ4n) is 2.00. The molecule has 1 saturated heterocycles. The molecule has 0 saturated carbocycles. The van der Waals surface area contributed by atoms with Gasteiger partial charge in [0.1, 0.15) is 10.2 Å². The van der Waals surface area contributed by atoms with Gasteiger partial charge in [-0.3, -0.25) is 4.90 Å². The van der Waals surface area contributed by atoms with Gasteiger partial charge < -0.3 is 9.57 Å². The molecule has 6 nitrogen and oxygen atoms in total. The van der Waals surface area contributed by atoms with Gasteiger partial charge in [-0.25, -0.2) is 4.79 Å². The summed E-state index contributed by atoms with van der Waals surface area (Å²) in [6, 6.07) is 1.42. The third-order valence-corrected chi connectivity index (χ3v) is 3.50. The van der Waals surface area contributed by atoms with Crippen molar-refractivity contribution in [3.05, 3.63) is 0 Å². The summed E-state index contributed by atoms with van der Waals surface area (Å²) in [4.78, 5) is 18.6. The summed E-state index contributed by atoms with van der Waals surface area (Å²) < 4.78 is 5.92. The number of nitriles is 1. The number of ether oxygens (including phenoxy) is 1. The van der Waals surface area contributed by atoms with Crippen LogP contribution in [0.15, 0.2) is 5.16 Å². The van der Waals surface area contributed by atoms with E-state index in [-0.39, 0.29) is 5.92 Å². The third kappa shape index (κ3) is 2.29. The number of carbonyl (C=O) groups excluding carboxylic acids is 1. The SMILES string of the molecule is CC(C)(C)OC(=O)N1CC2C(Br)=NOC2C1C#N. The Kier molecular flexibility index (Phi) is 3.23. The lowest BCUT2D eigenvalue weighted by Gasteiger charge is -2.26. The zero-order valence-corrected chi connectivity index (χ0v) is 12.0. The van der Waals surface area contributed by atoms with Crippen LogP contribution in [0.1, 0.15) is 20.8 Å². The van der Waals surface area contributed by atoms with Gasteiger partial charge in [0, 0.05) is 6.54 Å². The minimum Gasteiger partial charge on any atom is -0.444 e. The van der Waals surface area contributed by atoms with E-state index in [4.69, 9.17) is 9.57 Å². The van der Waals surface area contributed by atoms with Crippen molar-refractivity contribution in [2.45, 2.75) is 38.5 Å². The van der Waals surface area contributed by atoms with Crippen LogP contribution in [-0.4, -0.2) is 39.9 Å². The second-order valence-corrected chi connectivity index (χ2v) is 6.11. The number of oxime groups is 1. The summed E-state index contributed by atoms with van der Waals surface area (Å²) in [5.41, 5.74) is -0.582. The zero-order chi connectivity index (χ0) is 13.5. The second-order valence-electron chi connectivity index (χ2n) is 5.30. The van der Waals surface area contributed by atoms with E-state index < -0.39 is 23.8 Å². The molecule has 0 spiro atoms. The highest BCUT2D eigenvalue weighted by Crippen LogP contribution is 2.34. The molecule has 0 aliphatic carbocycles. The average Bonchev–Trinajstić information content (AvgIpc) is 2.76. The number of amides is 1. The van der Waals surface area contributed by atoms with Crippen LogP contribution in [0.4, 0.5) is 4.79 Å². The molecular weight excluding hydrogens is 302 g/mol. The van der Waals surface area contributed by atoms with Crippen molar-refractivity contribution in [1.29, 1.82) is 5.26 Å². The van der Waals surface area contributed by atoms with Crippen LogP contribution in [0, 0.1) is 17.2 Å². The van der Waals surface area contributed by atoms with Crippen molar-refractivity contribution in [2.24, 2.45) is 11.1 Å². The second kappa shape index (κ2) is 4.43. The first-order valence-corrected chi connectivity index (χ1v) is 6.41. The molecule has 98 valence electrons. The topological polar surface area (TPSA) is 74.9 Å². The molecule has 18 heavy (non-hydrogen) atoms. The lowest BCUT2D eigenvalue weighted by Crippen LogP contribution is -2.42. The van der Waals surface area contributed by atoms with E-state index in [0.29, 0.717) is 11.2 Å². The van der Waals surface area contributed by atoms with E-state index in [0.717, 1.165) is 0 Å². The summed E-state index contributed by atoms with van der Waals surface area (Å²) in [5, 5.41) is 13.0. The highest BCUT2D eigenvalue weighted by Gasteiger charge is 2.51. The molecule has 0 N–H and O–H groups in total. The van der Waals surface area contributed by atoms with Crippen LogP contribution in [-0.2, 0) is 9.57 Å². The van der Waals surface area contributed by atoms with E-state index in [1.165, 1.54) is 4.90 Å². The summed E-state index contributed by atoms with van der Waals surface area (Å²) >= 11 is 3.28. The number of carbonyl (C=O) groups is 1. The van der Waals surface area contributed by atoms with Gasteiger partial charge in [-0.05, 0) is 36.7 Å². The molecule has 0 aromatic heterocycles. The first kappa shape index (κ1) is 13.1. The molecule has 3 atom stereocenters. The first-order valence-electron chi connectivity index (χ1n) is 5.62. The Balaban J connectivity index is 2.13. The summed E-state index contributed by atoms with van der Waals surface area (Å²) in [6.07, 6.45) is -0.899. The van der Waals surface area contributed by atoms with Crippen LogP contribution in [0.3, 0.4) is 0 Å². The van der Waals surface area contributed by atoms with E-state index in [1.54, 1.807) is 20.8 Å². The van der Waals surface area contributed by atoms with Gasteiger partial charge >= 0.3 is 6.09 Å². The molecule has 1 amide bonds. The van der Waals surface area contributed by atoms with Crippen molar-refractivity contribution >= 4 is 26.6 Å². The molecule has 7 heteroatoms. The molecule has 0 radical (unpaired) electrons. The van der Waals surface area contributed by atoms with Crippen LogP contribution in [0.2, 0.25) is 0 Å². The highest BCUT2D eigenvalue weighted by molar-refractivity contribution is 9.18. The maximum absolute atomic E-state index is 12.0. The van der Waals surface area contributed by atoms with Crippen molar-refractivity contribution in [2.75, 3.05) is 6.54 Å². The largest absolute Gasteiger partial charge is 0.444 e. The summed E-state index contributed by atoms with van der Waals surface area (Å²) in [7, 11) is 0. The molecule has 2 aliphatic rings. The molecule has 2 aliphatic heterocycles. The van der Waals surface area contributed by atoms with Crippen LogP contribution in [0.25, 0.3) is 0 Å².